The summed E-state index contributed by atoms with van der Waals surface area (Å²) in [5, 5.41) is 9.21. The molecule has 27 heavy (non-hydrogen) atoms. The number of carbonyl (C=O) groups is 1. The highest BCUT2D eigenvalue weighted by atomic mass is 35.5. The lowest BCUT2D eigenvalue weighted by Gasteiger charge is -2.04. The molecular weight excluding hydrogens is 375 g/mol. The zero-order valence-corrected chi connectivity index (χ0v) is 16.1. The number of carboxylic acid groups (broad SMARTS) is 1. The Balaban J connectivity index is 0.00000176. The highest BCUT2D eigenvalue weighted by molar-refractivity contribution is 6.29. The number of hydrogen-bond acceptors (Lipinski definition) is 5. The number of unbranched alkanes of at least 4 members (excludes halogenated alkanes) is 1. The third-order valence-electron chi connectivity index (χ3n) is 3.28. The molecule has 1 atom stereocenters. The fraction of sp³-hybridized carbons (Fsp3) is 0.368. The van der Waals surface area contributed by atoms with Crippen LogP contribution in [-0.4, -0.2) is 29.7 Å². The molecule has 0 saturated heterocycles. The van der Waals surface area contributed by atoms with Crippen LogP contribution in [0.2, 0.25) is 0 Å². The van der Waals surface area contributed by atoms with Crippen molar-refractivity contribution in [1.29, 1.82) is 0 Å². The van der Waals surface area contributed by atoms with Gasteiger partial charge in [0.15, 0.2) is 5.84 Å². The van der Waals surface area contributed by atoms with E-state index in [0.717, 1.165) is 6.42 Å². The zero-order chi connectivity index (χ0) is 20.1. The van der Waals surface area contributed by atoms with Crippen LogP contribution >= 0.6 is 11.6 Å². The monoisotopic (exact) mass is 398 g/mol. The van der Waals surface area contributed by atoms with E-state index in [4.69, 9.17) is 26.3 Å². The molecule has 1 aliphatic heterocycles. The number of aliphatic imine (C=N–C) groups is 1. The Morgan fingerprint density at radius 1 is 1.48 bits per heavy atom. The number of amidine groups is 1. The molecule has 6 nitrogen and oxygen atoms in total. The molecule has 1 aromatic rings. The van der Waals surface area contributed by atoms with Crippen LogP contribution in [-0.2, 0) is 9.57 Å². The minimum atomic E-state index is -1.00. The largest absolute Gasteiger partial charge is 0.497 e. The lowest BCUT2D eigenvalue weighted by Crippen LogP contribution is -2.21. The van der Waals surface area contributed by atoms with Crippen LogP contribution in [0.5, 0.6) is 0 Å². The van der Waals surface area contributed by atoms with E-state index in [2.05, 4.69) is 10.5 Å². The lowest BCUT2D eigenvalue weighted by molar-refractivity contribution is -0.00105. The number of aromatic carboxylic acids is 1. The van der Waals surface area contributed by atoms with Crippen molar-refractivity contribution in [2.45, 2.75) is 39.3 Å². The van der Waals surface area contributed by atoms with Crippen LogP contribution in [0, 0.1) is 0 Å². The molecule has 148 valence electrons. The number of rotatable bonds is 9. The molecular formula is C19H24ClFN2O4. The standard InChI is InChI=1S/C17H18ClFN2O4.C2H6/c18-14(10-19)7-2-1-3-8-24-11-15-20-16(21-25-15)12-5-4-6-13(9-12)17(22)23;1-2/h3-6,8-10,15H,1-2,7,11H2,(H,20,21)(H,22,23);1-2H3/b8-3+,14-10+;. The summed E-state index contributed by atoms with van der Waals surface area (Å²) in [7, 11) is 0. The first kappa shape index (κ1) is 22.7. The second-order valence-electron chi connectivity index (χ2n) is 5.19. The number of nitrogens with zero attached hydrogens (tertiary/aromatic N) is 1. The van der Waals surface area contributed by atoms with E-state index in [1.54, 1.807) is 12.1 Å². The second kappa shape index (κ2) is 12.9. The van der Waals surface area contributed by atoms with Crippen molar-refractivity contribution in [1.82, 2.24) is 5.48 Å². The van der Waals surface area contributed by atoms with E-state index in [1.165, 1.54) is 18.4 Å². The first-order valence-electron chi connectivity index (χ1n) is 8.64. The third-order valence-corrected chi connectivity index (χ3v) is 3.56. The van der Waals surface area contributed by atoms with Crippen molar-refractivity contribution in [3.63, 3.8) is 0 Å². The number of carboxylic acids is 1. The van der Waals surface area contributed by atoms with Gasteiger partial charge in [0, 0.05) is 10.6 Å². The maximum Gasteiger partial charge on any atom is 0.335 e. The molecule has 0 aliphatic carbocycles. The Bertz CT molecular complexity index is 692. The Hall–Kier alpha value is -2.38. The van der Waals surface area contributed by atoms with Gasteiger partial charge in [-0.1, -0.05) is 37.6 Å². The van der Waals surface area contributed by atoms with Crippen LogP contribution in [0.4, 0.5) is 4.39 Å². The maximum absolute atomic E-state index is 12.0. The minimum absolute atomic E-state index is 0.173. The predicted molar refractivity (Wildman–Crippen MR) is 103 cm³/mol. The van der Waals surface area contributed by atoms with Crippen molar-refractivity contribution >= 4 is 23.4 Å². The van der Waals surface area contributed by atoms with E-state index in [-0.39, 0.29) is 17.2 Å². The topological polar surface area (TPSA) is 80.2 Å². The van der Waals surface area contributed by atoms with E-state index in [9.17, 15) is 9.18 Å². The van der Waals surface area contributed by atoms with Crippen molar-refractivity contribution in [2.75, 3.05) is 6.61 Å². The summed E-state index contributed by atoms with van der Waals surface area (Å²) in [6.45, 7) is 4.21. The Morgan fingerprint density at radius 3 is 2.96 bits per heavy atom. The zero-order valence-electron chi connectivity index (χ0n) is 15.3. The van der Waals surface area contributed by atoms with Gasteiger partial charge in [0.05, 0.1) is 11.8 Å². The van der Waals surface area contributed by atoms with Gasteiger partial charge < -0.3 is 9.84 Å². The van der Waals surface area contributed by atoms with Gasteiger partial charge in [-0.15, -0.1) is 0 Å². The number of nitrogens with one attached hydrogen (secondary N) is 1. The molecule has 0 saturated carbocycles. The normalized spacial score (nSPS) is 16.4. The number of benzene rings is 1. The highest BCUT2D eigenvalue weighted by Crippen LogP contribution is 2.13. The van der Waals surface area contributed by atoms with Crippen molar-refractivity contribution in [3.8, 4) is 0 Å². The number of hydrogen-bond donors (Lipinski definition) is 2. The Kier molecular flexibility index (Phi) is 10.8. The average molecular weight is 399 g/mol. The van der Waals surface area contributed by atoms with Crippen LogP contribution < -0.4 is 5.48 Å². The predicted octanol–water partition coefficient (Wildman–Crippen LogP) is 4.77. The number of allylic oxidation sites excluding steroid dienone is 2. The van der Waals surface area contributed by atoms with Gasteiger partial charge >= 0.3 is 5.97 Å². The molecule has 1 aromatic carbocycles. The first-order chi connectivity index (χ1) is 13.1. The lowest BCUT2D eigenvalue weighted by atomic mass is 10.1. The SMILES string of the molecule is CC.O=C(O)c1cccc(C2=NC(CO/C=C/CCC/C(Cl)=C\F)ON2)c1. The van der Waals surface area contributed by atoms with Gasteiger partial charge in [-0.25, -0.2) is 24.5 Å². The molecule has 0 amide bonds. The molecule has 0 aromatic heterocycles. The van der Waals surface area contributed by atoms with E-state index in [1.807, 2.05) is 19.9 Å². The summed E-state index contributed by atoms with van der Waals surface area (Å²) in [5.41, 5.74) is 3.46. The summed E-state index contributed by atoms with van der Waals surface area (Å²) in [5.74, 6) is -0.553. The molecule has 1 aliphatic rings. The molecule has 0 radical (unpaired) electrons. The van der Waals surface area contributed by atoms with Crippen LogP contribution in [0.3, 0.4) is 0 Å². The Labute approximate surface area is 163 Å². The molecule has 2 N–H and O–H groups in total. The summed E-state index contributed by atoms with van der Waals surface area (Å²) < 4.78 is 17.3. The number of hydroxylamine groups is 1. The van der Waals surface area contributed by atoms with Gasteiger partial charge in [-0.3, -0.25) is 0 Å². The highest BCUT2D eigenvalue weighted by Gasteiger charge is 2.19. The fourth-order valence-electron chi connectivity index (χ4n) is 2.04. The second-order valence-corrected chi connectivity index (χ2v) is 5.68. The van der Waals surface area contributed by atoms with Gasteiger partial charge in [0.2, 0.25) is 6.23 Å². The average Bonchev–Trinajstić information content (AvgIpc) is 3.17. The molecule has 1 unspecified atom stereocenters. The van der Waals surface area contributed by atoms with Gasteiger partial charge in [-0.2, -0.15) is 0 Å². The molecule has 0 spiro atoms. The minimum Gasteiger partial charge on any atom is -0.497 e. The first-order valence-corrected chi connectivity index (χ1v) is 9.02. The van der Waals surface area contributed by atoms with E-state index in [0.29, 0.717) is 30.6 Å². The van der Waals surface area contributed by atoms with Crippen LogP contribution in [0.25, 0.3) is 0 Å². The number of ether oxygens (including phenoxy) is 1. The molecule has 2 rings (SSSR count). The van der Waals surface area contributed by atoms with Gasteiger partial charge in [0.25, 0.3) is 0 Å². The molecule has 1 heterocycles. The number of halogens is 2. The van der Waals surface area contributed by atoms with Gasteiger partial charge in [0.1, 0.15) is 12.9 Å². The van der Waals surface area contributed by atoms with Crippen LogP contribution in [0.1, 0.15) is 49.0 Å². The summed E-state index contributed by atoms with van der Waals surface area (Å²) >= 11 is 5.54. The third kappa shape index (κ3) is 8.23. The molecule has 0 fully saturated rings. The van der Waals surface area contributed by atoms with E-state index < -0.39 is 12.2 Å². The van der Waals surface area contributed by atoms with Crippen molar-refractivity contribution in [2.24, 2.45) is 4.99 Å². The van der Waals surface area contributed by atoms with Crippen molar-refractivity contribution < 1.29 is 23.9 Å². The molecule has 8 heteroatoms. The fourth-order valence-corrected chi connectivity index (χ4v) is 2.18. The van der Waals surface area contributed by atoms with Gasteiger partial charge in [-0.05, 0) is 37.5 Å². The smallest absolute Gasteiger partial charge is 0.335 e. The summed E-state index contributed by atoms with van der Waals surface area (Å²) in [4.78, 5) is 20.5. The van der Waals surface area contributed by atoms with Crippen molar-refractivity contribution in [3.05, 3.63) is 59.1 Å². The van der Waals surface area contributed by atoms with E-state index >= 15 is 0 Å². The summed E-state index contributed by atoms with van der Waals surface area (Å²) in [6, 6.07) is 6.39. The quantitative estimate of drug-likeness (QED) is 0.462. The van der Waals surface area contributed by atoms with Crippen LogP contribution in [0.15, 0.2) is 53.0 Å². The Morgan fingerprint density at radius 2 is 2.26 bits per heavy atom. The molecule has 0 bridgehead atoms. The maximum atomic E-state index is 12.0. The summed E-state index contributed by atoms with van der Waals surface area (Å²) in [6.07, 6.45) is 5.14.